The van der Waals surface area contributed by atoms with E-state index in [4.69, 9.17) is 15.1 Å². The number of fused-ring (bicyclic) bond motifs is 1. The number of pyridine rings is 1. The molecule has 1 N–H and O–H groups in total. The fraction of sp³-hybridized carbons (Fsp3) is 0.231. The number of nitrogens with zero attached hydrogens (tertiary/aromatic N) is 6. The molecule has 0 amide bonds. The Kier molecular flexibility index (Phi) is 7.72. The molecule has 228 valence electrons. The van der Waals surface area contributed by atoms with Gasteiger partial charge in [0.05, 0.1) is 28.2 Å². The highest BCUT2D eigenvalue weighted by atomic mass is 15.3. The maximum Gasteiger partial charge on any atom is 0.223 e. The van der Waals surface area contributed by atoms with Gasteiger partial charge in [-0.15, -0.1) is 0 Å². The zero-order chi connectivity index (χ0) is 30.7. The standard InChI is InChI=1S/C39H37N7/c1-3-13-28(14-4-1)37(29-15-5-2-6-16-29)41-32-20-11-17-30(27-32)38-36(33-23-24-40-39(43-33)42-31-18-7-8-19-31)34-21-12-22-35(46(34)44-38)45-25-9-10-26-45/h1-6,11-17,20-24,27,31H,7-10,18-19,25-26H2,(H,40,42,43). The molecule has 2 aliphatic rings. The smallest absolute Gasteiger partial charge is 0.223 e. The lowest BCUT2D eigenvalue weighted by Gasteiger charge is -2.18. The van der Waals surface area contributed by atoms with Crippen LogP contribution >= 0.6 is 0 Å². The van der Waals surface area contributed by atoms with E-state index in [2.05, 4.69) is 111 Å². The molecule has 0 atom stereocenters. The van der Waals surface area contributed by atoms with Gasteiger partial charge in [0, 0.05) is 42.0 Å². The molecule has 1 aliphatic carbocycles. The van der Waals surface area contributed by atoms with Crippen LogP contribution in [0, 0.1) is 0 Å². The minimum Gasteiger partial charge on any atom is -0.357 e. The molecule has 0 bridgehead atoms. The summed E-state index contributed by atoms with van der Waals surface area (Å²) in [5.41, 5.74) is 8.74. The highest BCUT2D eigenvalue weighted by Gasteiger charge is 2.23. The van der Waals surface area contributed by atoms with Crippen molar-refractivity contribution in [1.29, 1.82) is 0 Å². The molecule has 0 radical (unpaired) electrons. The van der Waals surface area contributed by atoms with Gasteiger partial charge in [0.25, 0.3) is 0 Å². The highest BCUT2D eigenvalue weighted by Crippen LogP contribution is 2.38. The van der Waals surface area contributed by atoms with Crippen molar-refractivity contribution in [2.24, 2.45) is 4.99 Å². The summed E-state index contributed by atoms with van der Waals surface area (Å²) >= 11 is 0. The van der Waals surface area contributed by atoms with Gasteiger partial charge in [0.2, 0.25) is 5.95 Å². The molecule has 1 saturated carbocycles. The van der Waals surface area contributed by atoms with E-state index < -0.39 is 0 Å². The fourth-order valence-electron chi connectivity index (χ4n) is 6.86. The van der Waals surface area contributed by atoms with Crippen LogP contribution < -0.4 is 10.2 Å². The number of aromatic nitrogens is 4. The quantitative estimate of drug-likeness (QED) is 0.177. The van der Waals surface area contributed by atoms with Crippen LogP contribution in [0.4, 0.5) is 17.5 Å². The van der Waals surface area contributed by atoms with Crippen LogP contribution in [-0.2, 0) is 0 Å². The Balaban J connectivity index is 1.27. The molecule has 1 saturated heterocycles. The minimum absolute atomic E-state index is 0.429. The molecule has 1 aliphatic heterocycles. The van der Waals surface area contributed by atoms with E-state index in [-0.39, 0.29) is 0 Å². The Morgan fingerprint density at radius 2 is 1.46 bits per heavy atom. The van der Waals surface area contributed by atoms with Crippen LogP contribution in [0.2, 0.25) is 0 Å². The van der Waals surface area contributed by atoms with E-state index >= 15 is 0 Å². The number of aliphatic imine (C=N–C) groups is 1. The van der Waals surface area contributed by atoms with Crippen molar-refractivity contribution in [3.8, 4) is 22.5 Å². The molecule has 7 heteroatoms. The van der Waals surface area contributed by atoms with Gasteiger partial charge >= 0.3 is 0 Å². The van der Waals surface area contributed by atoms with Crippen LogP contribution in [0.5, 0.6) is 0 Å². The third-order valence-corrected chi connectivity index (χ3v) is 9.12. The van der Waals surface area contributed by atoms with Gasteiger partial charge in [-0.2, -0.15) is 5.10 Å². The molecule has 4 heterocycles. The monoisotopic (exact) mass is 603 g/mol. The van der Waals surface area contributed by atoms with Crippen LogP contribution in [-0.4, -0.2) is 44.4 Å². The van der Waals surface area contributed by atoms with E-state index in [1.165, 1.54) is 25.7 Å². The van der Waals surface area contributed by atoms with E-state index in [0.29, 0.717) is 12.0 Å². The Morgan fingerprint density at radius 3 is 2.20 bits per heavy atom. The van der Waals surface area contributed by atoms with Crippen LogP contribution in [0.3, 0.4) is 0 Å². The summed E-state index contributed by atoms with van der Waals surface area (Å²) < 4.78 is 2.11. The molecule has 0 spiro atoms. The van der Waals surface area contributed by atoms with E-state index in [9.17, 15) is 0 Å². The summed E-state index contributed by atoms with van der Waals surface area (Å²) in [5, 5.41) is 8.91. The molecule has 3 aromatic heterocycles. The largest absolute Gasteiger partial charge is 0.357 e. The summed E-state index contributed by atoms with van der Waals surface area (Å²) in [6.45, 7) is 2.08. The van der Waals surface area contributed by atoms with Gasteiger partial charge < -0.3 is 10.2 Å². The van der Waals surface area contributed by atoms with E-state index in [1.54, 1.807) is 0 Å². The molecule has 8 rings (SSSR count). The lowest BCUT2D eigenvalue weighted by Crippen LogP contribution is -2.20. The second kappa shape index (κ2) is 12.6. The second-order valence-corrected chi connectivity index (χ2v) is 12.2. The van der Waals surface area contributed by atoms with Crippen molar-refractivity contribution >= 4 is 28.7 Å². The predicted molar refractivity (Wildman–Crippen MR) is 187 cm³/mol. The minimum atomic E-state index is 0.429. The first kappa shape index (κ1) is 28.2. The van der Waals surface area contributed by atoms with Crippen molar-refractivity contribution < 1.29 is 0 Å². The molecule has 0 unspecified atom stereocenters. The first-order valence-electron chi connectivity index (χ1n) is 16.5. The third kappa shape index (κ3) is 5.65. The Hall–Kier alpha value is -5.30. The Labute approximate surface area is 269 Å². The van der Waals surface area contributed by atoms with Crippen molar-refractivity contribution in [1.82, 2.24) is 19.6 Å². The molecule has 7 nitrogen and oxygen atoms in total. The average Bonchev–Trinajstić information content (AvgIpc) is 3.90. The van der Waals surface area contributed by atoms with Crippen molar-refractivity contribution in [2.45, 2.75) is 44.6 Å². The zero-order valence-electron chi connectivity index (χ0n) is 25.9. The molecule has 3 aromatic carbocycles. The van der Waals surface area contributed by atoms with Crippen molar-refractivity contribution in [2.75, 3.05) is 23.3 Å². The molecule has 46 heavy (non-hydrogen) atoms. The lowest BCUT2D eigenvalue weighted by molar-refractivity contribution is 0.744. The molecule has 6 aromatic rings. The summed E-state index contributed by atoms with van der Waals surface area (Å²) in [5.74, 6) is 1.80. The number of rotatable bonds is 8. The average molecular weight is 604 g/mol. The van der Waals surface area contributed by atoms with Gasteiger partial charge in [-0.1, -0.05) is 91.7 Å². The maximum absolute atomic E-state index is 5.32. The predicted octanol–water partition coefficient (Wildman–Crippen LogP) is 8.58. The van der Waals surface area contributed by atoms with Gasteiger partial charge in [-0.25, -0.2) is 19.5 Å². The molecular formula is C39H37N7. The summed E-state index contributed by atoms with van der Waals surface area (Å²) in [6, 6.07) is 38.1. The van der Waals surface area contributed by atoms with Gasteiger partial charge in [-0.05, 0) is 56.0 Å². The van der Waals surface area contributed by atoms with E-state index in [0.717, 1.165) is 82.3 Å². The Bertz CT molecular complexity index is 1940. The number of benzene rings is 3. The molecular weight excluding hydrogens is 566 g/mol. The highest BCUT2D eigenvalue weighted by molar-refractivity contribution is 6.14. The third-order valence-electron chi connectivity index (χ3n) is 9.12. The molecule has 2 fully saturated rings. The lowest BCUT2D eigenvalue weighted by atomic mass is 10.0. The first-order valence-corrected chi connectivity index (χ1v) is 16.5. The normalized spacial score (nSPS) is 15.0. The number of hydrogen-bond acceptors (Lipinski definition) is 6. The summed E-state index contributed by atoms with van der Waals surface area (Å²) in [6.07, 6.45) is 9.10. The fourth-order valence-corrected chi connectivity index (χ4v) is 6.86. The first-order chi connectivity index (χ1) is 22.8. The Morgan fingerprint density at radius 1 is 0.739 bits per heavy atom. The van der Waals surface area contributed by atoms with Crippen molar-refractivity contribution in [3.63, 3.8) is 0 Å². The van der Waals surface area contributed by atoms with Gasteiger partial charge in [-0.3, -0.25) is 0 Å². The van der Waals surface area contributed by atoms with Crippen LogP contribution in [0.25, 0.3) is 28.0 Å². The number of hydrogen-bond donors (Lipinski definition) is 1. The summed E-state index contributed by atoms with van der Waals surface area (Å²) in [7, 11) is 0. The topological polar surface area (TPSA) is 70.7 Å². The van der Waals surface area contributed by atoms with Crippen LogP contribution in [0.1, 0.15) is 49.7 Å². The maximum atomic E-state index is 5.32. The zero-order valence-corrected chi connectivity index (χ0v) is 25.9. The summed E-state index contributed by atoms with van der Waals surface area (Å²) in [4.78, 5) is 17.4. The SMILES string of the molecule is c1ccc(C(=Nc2cccc(-c3nn4c(N5CCCC5)cccc4c3-c3ccnc(NC4CCCC4)n3)c2)c2ccccc2)cc1. The number of nitrogens with one attached hydrogen (secondary N) is 1. The van der Waals surface area contributed by atoms with E-state index in [1.807, 2.05) is 24.4 Å². The van der Waals surface area contributed by atoms with Gasteiger partial charge in [0.15, 0.2) is 0 Å². The second-order valence-electron chi connectivity index (χ2n) is 12.2. The van der Waals surface area contributed by atoms with Gasteiger partial charge in [0.1, 0.15) is 11.5 Å². The van der Waals surface area contributed by atoms with Crippen LogP contribution in [0.15, 0.2) is 120 Å². The number of anilines is 2. The van der Waals surface area contributed by atoms with Crippen molar-refractivity contribution in [3.05, 3.63) is 127 Å².